The summed E-state index contributed by atoms with van der Waals surface area (Å²) < 4.78 is 65.2. The second kappa shape index (κ2) is 11.8. The van der Waals surface area contributed by atoms with E-state index in [0.717, 1.165) is 24.0 Å². The molecule has 0 fully saturated rings. The van der Waals surface area contributed by atoms with Gasteiger partial charge in [0.2, 0.25) is 0 Å². The molecule has 1 radical (unpaired) electrons. The summed E-state index contributed by atoms with van der Waals surface area (Å²) in [6.07, 6.45) is 1.90. The van der Waals surface area contributed by atoms with Gasteiger partial charge in [-0.1, -0.05) is 60.7 Å². The molecule has 0 bridgehead atoms. The van der Waals surface area contributed by atoms with Crippen molar-refractivity contribution in [1.82, 2.24) is 0 Å². The molecule has 0 saturated carbocycles. The third kappa shape index (κ3) is 6.81. The molecule has 2 aromatic carbocycles. The first-order valence-electron chi connectivity index (χ1n) is 9.59. The number of aryl methyl sites for hydroxylation is 2. The Kier molecular flexibility index (Phi) is 10.1. The van der Waals surface area contributed by atoms with E-state index in [1.807, 2.05) is 60.7 Å². The lowest BCUT2D eigenvalue weighted by atomic mass is 10.2. The maximum Gasteiger partial charge on any atom is 0.469 e. The largest absolute Gasteiger partial charge is 0.469 e. The van der Waals surface area contributed by atoms with Crippen LogP contribution in [0.5, 0.6) is 0 Å². The Balaban J connectivity index is 2.39. The Morgan fingerprint density at radius 2 is 1.42 bits per heavy atom. The van der Waals surface area contributed by atoms with Gasteiger partial charge in [-0.3, -0.25) is 0 Å². The topological polar surface area (TPSA) is 69.7 Å². The average molecular weight is 680 g/mol. The van der Waals surface area contributed by atoms with Crippen LogP contribution in [0.25, 0.3) is 0 Å². The summed E-state index contributed by atoms with van der Waals surface area (Å²) in [4.78, 5) is 11.8. The van der Waals surface area contributed by atoms with Crippen molar-refractivity contribution in [1.29, 1.82) is 0 Å². The van der Waals surface area contributed by atoms with Crippen molar-refractivity contribution in [3.8, 4) is 0 Å². The van der Waals surface area contributed by atoms with Crippen LogP contribution in [0.15, 0.2) is 48.5 Å². The van der Waals surface area contributed by atoms with E-state index in [1.54, 1.807) is 24.3 Å². The van der Waals surface area contributed by atoms with Crippen LogP contribution < -0.4 is 20.2 Å². The van der Waals surface area contributed by atoms with Crippen LogP contribution >= 0.6 is 22.6 Å². The van der Waals surface area contributed by atoms with E-state index >= 15 is 0 Å². The maximum atomic E-state index is 14.5. The lowest BCUT2D eigenvalue weighted by molar-refractivity contribution is -1.03. The maximum absolute atomic E-state index is 14.5. The number of hydrogen-bond acceptors (Lipinski definition) is 5. The van der Waals surface area contributed by atoms with E-state index in [2.05, 4.69) is 4.74 Å². The smallest absolute Gasteiger partial charge is 0.460 e. The summed E-state index contributed by atoms with van der Waals surface area (Å²) in [5.41, 5.74) is 2.04. The molecule has 0 unspecified atom stereocenters. The molecule has 0 aliphatic carbocycles. The van der Waals surface area contributed by atoms with Gasteiger partial charge in [0.1, 0.15) is 0 Å². The van der Waals surface area contributed by atoms with Gasteiger partial charge in [0.25, 0.3) is 0 Å². The van der Waals surface area contributed by atoms with Crippen molar-refractivity contribution in [2.45, 2.75) is 38.4 Å². The van der Waals surface area contributed by atoms with Crippen LogP contribution in [0.1, 0.15) is 31.4 Å². The fourth-order valence-electron chi connectivity index (χ4n) is 2.40. The van der Waals surface area contributed by atoms with Crippen LogP contribution in [0.3, 0.4) is 0 Å². The first-order valence-corrected chi connectivity index (χ1v) is 15.6. The number of halogens is 4. The van der Waals surface area contributed by atoms with Crippen LogP contribution in [0.4, 0.5) is 8.78 Å². The molecule has 5 nitrogen and oxygen atoms in total. The highest BCUT2D eigenvalue weighted by atomic mass is 127. The first kappa shape index (κ1) is 26.4. The molecule has 0 amide bonds. The van der Waals surface area contributed by atoms with E-state index in [9.17, 15) is 22.0 Å². The zero-order chi connectivity index (χ0) is 23.1. The third-order valence-electron chi connectivity index (χ3n) is 4.25. The predicted octanol–water partition coefficient (Wildman–Crippen LogP) is 1.70. The molecule has 31 heavy (non-hydrogen) atoms. The van der Waals surface area contributed by atoms with Crippen LogP contribution in [0, 0.1) is 7.14 Å². The fourth-order valence-corrected chi connectivity index (χ4v) is 9.45. The monoisotopic (exact) mass is 680 g/mol. The number of carbonyl (C=O) groups is 1. The Hall–Kier alpha value is -0.860. The van der Waals surface area contributed by atoms with Gasteiger partial charge >= 0.3 is 41.6 Å². The normalized spacial score (nSPS) is 12.2. The summed E-state index contributed by atoms with van der Waals surface area (Å²) >= 11 is -1.32. The standard InChI is InChI=1S/C21H24F2I2O5S/c1-3-16-6-10-18(11-7-16)25(19-12-8-17(4-2)9-13-19)30-31(27,28)21(22,23)20(26)29-15-5-14-24/h6-13H,3-5,14-15H2,1-2H3/q+1. The highest BCUT2D eigenvalue weighted by Gasteiger charge is 2.60. The Labute approximate surface area is 203 Å². The van der Waals surface area contributed by atoms with Gasteiger partial charge in [-0.25, -0.2) is 4.79 Å². The quantitative estimate of drug-likeness (QED) is 0.157. The van der Waals surface area contributed by atoms with Gasteiger partial charge < -0.3 is 4.74 Å². The van der Waals surface area contributed by atoms with E-state index in [1.165, 1.54) is 0 Å². The molecule has 0 N–H and O–H groups in total. The summed E-state index contributed by atoms with van der Waals surface area (Å²) in [7, 11) is -5.56. The Bertz CT molecular complexity index is 917. The molecule has 2 rings (SSSR count). The van der Waals surface area contributed by atoms with Gasteiger partial charge in [0.05, 0.1) is 6.61 Å². The van der Waals surface area contributed by atoms with Gasteiger partial charge in [-0.2, -0.15) is 17.2 Å². The fraction of sp³-hybridized carbons (Fsp3) is 0.381. The van der Waals surface area contributed by atoms with Gasteiger partial charge in [-0.05, 0) is 57.2 Å². The van der Waals surface area contributed by atoms with Crippen molar-refractivity contribution < 1.29 is 49.5 Å². The van der Waals surface area contributed by atoms with Crippen molar-refractivity contribution in [2.75, 3.05) is 11.0 Å². The molecule has 0 spiro atoms. The zero-order valence-electron chi connectivity index (χ0n) is 17.1. The number of carbonyl (C=O) groups excluding carboxylic acids is 1. The minimum absolute atomic E-state index is 0.286. The SMILES string of the molecule is CCc1ccc([I+](OS(=O)(=O)C(F)(F)C(=O)OCCCI)c2ccc(CC)cc2)cc1. The lowest BCUT2D eigenvalue weighted by Gasteiger charge is -2.14. The van der Waals surface area contributed by atoms with Crippen LogP contribution in [-0.4, -0.2) is 30.7 Å². The molecule has 0 saturated heterocycles. The predicted molar refractivity (Wildman–Crippen MR) is 118 cm³/mol. The number of ether oxygens (including phenoxy) is 1. The molecule has 10 heteroatoms. The van der Waals surface area contributed by atoms with Crippen molar-refractivity contribution in [3.05, 3.63) is 66.8 Å². The summed E-state index contributed by atoms with van der Waals surface area (Å²) in [6.45, 7) is 3.66. The number of rotatable bonds is 11. The highest BCUT2D eigenvalue weighted by Crippen LogP contribution is 2.24. The molecule has 0 aliphatic heterocycles. The second-order valence-corrected chi connectivity index (χ2v) is 14.0. The minimum Gasteiger partial charge on any atom is -0.460 e. The van der Waals surface area contributed by atoms with Crippen molar-refractivity contribution in [2.24, 2.45) is 0 Å². The second-order valence-electron chi connectivity index (χ2n) is 6.42. The van der Waals surface area contributed by atoms with Crippen LogP contribution in [0.2, 0.25) is 0 Å². The zero-order valence-corrected chi connectivity index (χ0v) is 22.2. The molecule has 0 heterocycles. The molecular weight excluding hydrogens is 656 g/mol. The lowest BCUT2D eigenvalue weighted by Crippen LogP contribution is -3.85. The Morgan fingerprint density at radius 1 is 0.968 bits per heavy atom. The molecular formula is C21H24F2I2O5S+. The minimum atomic E-state index is -5.56. The summed E-state index contributed by atoms with van der Waals surface area (Å²) in [6, 6.07) is 14.0. The first-order chi connectivity index (χ1) is 14.7. The third-order valence-corrected chi connectivity index (χ3v) is 12.3. The highest BCUT2D eigenvalue weighted by molar-refractivity contribution is 14.1. The Morgan fingerprint density at radius 3 is 1.81 bits per heavy atom. The van der Waals surface area contributed by atoms with Gasteiger partial charge in [-0.15, -0.1) is 0 Å². The number of benzene rings is 2. The summed E-state index contributed by atoms with van der Waals surface area (Å²) in [5.74, 6) is -2.11. The van der Waals surface area contributed by atoms with Crippen LogP contribution in [-0.2, 0) is 35.0 Å². The average Bonchev–Trinajstić information content (AvgIpc) is 2.77. The molecule has 0 atom stereocenters. The van der Waals surface area contributed by atoms with E-state index in [4.69, 9.17) is 2.51 Å². The molecule has 2 aromatic rings. The van der Waals surface area contributed by atoms with Crippen molar-refractivity contribution >= 4 is 38.7 Å². The van der Waals surface area contributed by atoms with E-state index < -0.39 is 41.6 Å². The van der Waals surface area contributed by atoms with Gasteiger partial charge in [0, 0.05) is 4.43 Å². The van der Waals surface area contributed by atoms with Gasteiger partial charge in [0.15, 0.2) is 7.14 Å². The summed E-state index contributed by atoms with van der Waals surface area (Å²) in [5, 5.41) is -4.79. The van der Waals surface area contributed by atoms with Crippen molar-refractivity contribution in [3.63, 3.8) is 0 Å². The van der Waals surface area contributed by atoms with E-state index in [0.29, 0.717) is 18.0 Å². The molecule has 171 valence electrons. The number of alkyl halides is 3. The molecule has 0 aromatic heterocycles. The number of esters is 1. The molecule has 0 aliphatic rings. The number of hydrogen-bond donors (Lipinski definition) is 0. The van der Waals surface area contributed by atoms with E-state index in [-0.39, 0.29) is 6.61 Å².